The number of fused-ring (bicyclic) bond motifs is 1. The van der Waals surface area contributed by atoms with Crippen LogP contribution in [0.25, 0.3) is 0 Å². The van der Waals surface area contributed by atoms with Crippen LogP contribution in [0.3, 0.4) is 0 Å². The second-order valence-corrected chi connectivity index (χ2v) is 4.84. The van der Waals surface area contributed by atoms with E-state index in [0.717, 1.165) is 17.7 Å². The molecule has 0 amide bonds. The maximum absolute atomic E-state index is 5.68. The highest BCUT2D eigenvalue weighted by atomic mass is 16.5. The second-order valence-electron chi connectivity index (χ2n) is 4.84. The van der Waals surface area contributed by atoms with Crippen molar-refractivity contribution in [3.63, 3.8) is 0 Å². The topological polar surface area (TPSA) is 21.3 Å². The largest absolute Gasteiger partial charge is 0.489 e. The molecule has 2 rings (SSSR count). The van der Waals surface area contributed by atoms with Crippen molar-refractivity contribution >= 4 is 0 Å². The van der Waals surface area contributed by atoms with Crippen molar-refractivity contribution in [1.82, 2.24) is 5.32 Å². The Morgan fingerprint density at radius 2 is 2.35 bits per heavy atom. The van der Waals surface area contributed by atoms with E-state index in [0.29, 0.717) is 12.6 Å². The molecular weight excluding hydrogens is 210 g/mol. The van der Waals surface area contributed by atoms with Crippen LogP contribution in [-0.4, -0.2) is 13.7 Å². The summed E-state index contributed by atoms with van der Waals surface area (Å²) in [5.41, 5.74) is 3.91. The predicted molar refractivity (Wildman–Crippen MR) is 71.5 cm³/mol. The van der Waals surface area contributed by atoms with Gasteiger partial charge < -0.3 is 10.1 Å². The van der Waals surface area contributed by atoms with Crippen molar-refractivity contribution in [2.45, 2.75) is 32.2 Å². The van der Waals surface area contributed by atoms with Crippen LogP contribution in [0, 0.1) is 0 Å². The monoisotopic (exact) mass is 231 g/mol. The van der Waals surface area contributed by atoms with Crippen LogP contribution in [0.4, 0.5) is 0 Å². The van der Waals surface area contributed by atoms with Gasteiger partial charge in [-0.1, -0.05) is 12.6 Å². The van der Waals surface area contributed by atoms with E-state index in [-0.39, 0.29) is 0 Å². The third kappa shape index (κ3) is 2.89. The lowest BCUT2D eigenvalue weighted by atomic mass is 9.87. The van der Waals surface area contributed by atoms with Crippen molar-refractivity contribution in [3.05, 3.63) is 41.5 Å². The molecule has 0 aromatic heterocycles. The van der Waals surface area contributed by atoms with Crippen LogP contribution in [0.5, 0.6) is 5.75 Å². The summed E-state index contributed by atoms with van der Waals surface area (Å²) in [5.74, 6) is 0.962. The second kappa shape index (κ2) is 5.37. The Labute approximate surface area is 104 Å². The molecule has 0 fully saturated rings. The lowest BCUT2D eigenvalue weighted by Crippen LogP contribution is -2.21. The molecule has 1 aliphatic carbocycles. The number of rotatable bonds is 4. The summed E-state index contributed by atoms with van der Waals surface area (Å²) in [4.78, 5) is 0. The van der Waals surface area contributed by atoms with Crippen molar-refractivity contribution in [1.29, 1.82) is 0 Å². The molecule has 0 saturated carbocycles. The smallest absolute Gasteiger partial charge is 0.120 e. The Morgan fingerprint density at radius 1 is 1.53 bits per heavy atom. The molecule has 1 aliphatic rings. The van der Waals surface area contributed by atoms with Gasteiger partial charge in [0.05, 0.1) is 0 Å². The van der Waals surface area contributed by atoms with Gasteiger partial charge in [-0.2, -0.15) is 0 Å². The van der Waals surface area contributed by atoms with Gasteiger partial charge in [-0.05, 0) is 62.1 Å². The molecule has 0 radical (unpaired) electrons. The van der Waals surface area contributed by atoms with Crippen molar-refractivity contribution in [3.8, 4) is 5.75 Å². The summed E-state index contributed by atoms with van der Waals surface area (Å²) in [5, 5.41) is 3.37. The van der Waals surface area contributed by atoms with E-state index in [9.17, 15) is 0 Å². The normalized spacial score (nSPS) is 18.6. The minimum Gasteiger partial charge on any atom is -0.489 e. The molecule has 1 N–H and O–H groups in total. The van der Waals surface area contributed by atoms with E-state index in [1.165, 1.54) is 24.0 Å². The van der Waals surface area contributed by atoms with Gasteiger partial charge in [-0.15, -0.1) is 0 Å². The molecule has 0 aliphatic heterocycles. The standard InChI is InChI=1S/C15H21NO/c1-11(2)10-17-13-7-8-14-12(9-13)5-4-6-15(14)16-3/h7-9,15-16H,1,4-6,10H2,2-3H3. The third-order valence-corrected chi connectivity index (χ3v) is 3.26. The first-order valence-corrected chi connectivity index (χ1v) is 6.28. The maximum atomic E-state index is 5.68. The summed E-state index contributed by atoms with van der Waals surface area (Å²) in [6.07, 6.45) is 3.65. The van der Waals surface area contributed by atoms with E-state index >= 15 is 0 Å². The van der Waals surface area contributed by atoms with Gasteiger partial charge in [0.15, 0.2) is 0 Å². The summed E-state index contributed by atoms with van der Waals surface area (Å²) in [6, 6.07) is 6.96. The molecule has 1 atom stereocenters. The van der Waals surface area contributed by atoms with E-state index in [1.54, 1.807) is 0 Å². The molecular formula is C15H21NO. The predicted octanol–water partition coefficient (Wildman–Crippen LogP) is 3.24. The number of ether oxygens (including phenoxy) is 1. The molecule has 1 unspecified atom stereocenters. The van der Waals surface area contributed by atoms with Crippen LogP contribution in [0.2, 0.25) is 0 Å². The minimum atomic E-state index is 0.508. The van der Waals surface area contributed by atoms with Gasteiger partial charge in [0.1, 0.15) is 12.4 Å². The van der Waals surface area contributed by atoms with Crippen LogP contribution in [-0.2, 0) is 6.42 Å². The zero-order chi connectivity index (χ0) is 12.3. The first kappa shape index (κ1) is 12.2. The van der Waals surface area contributed by atoms with Crippen LogP contribution >= 0.6 is 0 Å². The third-order valence-electron chi connectivity index (χ3n) is 3.26. The molecule has 92 valence electrons. The number of nitrogens with one attached hydrogen (secondary N) is 1. The average molecular weight is 231 g/mol. The quantitative estimate of drug-likeness (QED) is 0.803. The average Bonchev–Trinajstić information content (AvgIpc) is 2.35. The molecule has 0 bridgehead atoms. The van der Waals surface area contributed by atoms with Crippen molar-refractivity contribution < 1.29 is 4.74 Å². The Morgan fingerprint density at radius 3 is 3.06 bits per heavy atom. The molecule has 1 aromatic carbocycles. The Hall–Kier alpha value is -1.28. The van der Waals surface area contributed by atoms with E-state index in [4.69, 9.17) is 4.74 Å². The molecule has 1 aromatic rings. The summed E-state index contributed by atoms with van der Waals surface area (Å²) < 4.78 is 5.68. The van der Waals surface area contributed by atoms with E-state index < -0.39 is 0 Å². The van der Waals surface area contributed by atoms with Crippen LogP contribution in [0.15, 0.2) is 30.4 Å². The Kier molecular flexibility index (Phi) is 3.85. The van der Waals surface area contributed by atoms with E-state index in [1.807, 2.05) is 14.0 Å². The minimum absolute atomic E-state index is 0.508. The molecule has 0 saturated heterocycles. The maximum Gasteiger partial charge on any atom is 0.120 e. The number of benzene rings is 1. The lowest BCUT2D eigenvalue weighted by Gasteiger charge is -2.25. The highest BCUT2D eigenvalue weighted by Crippen LogP contribution is 2.31. The van der Waals surface area contributed by atoms with Gasteiger partial charge in [-0.25, -0.2) is 0 Å². The first-order valence-electron chi connectivity index (χ1n) is 6.28. The SMILES string of the molecule is C=C(C)COc1ccc2c(c1)CCCC2NC. The Bertz CT molecular complexity index is 411. The zero-order valence-corrected chi connectivity index (χ0v) is 10.8. The van der Waals surface area contributed by atoms with Gasteiger partial charge in [0.2, 0.25) is 0 Å². The van der Waals surface area contributed by atoms with Gasteiger partial charge in [-0.3, -0.25) is 0 Å². The van der Waals surface area contributed by atoms with Crippen LogP contribution in [0.1, 0.15) is 36.9 Å². The molecule has 0 heterocycles. The first-order chi connectivity index (χ1) is 8.20. The van der Waals surface area contributed by atoms with Gasteiger partial charge >= 0.3 is 0 Å². The van der Waals surface area contributed by atoms with Crippen LogP contribution < -0.4 is 10.1 Å². The van der Waals surface area contributed by atoms with Gasteiger partial charge in [0, 0.05) is 6.04 Å². The Balaban J connectivity index is 2.16. The zero-order valence-electron chi connectivity index (χ0n) is 10.8. The molecule has 2 nitrogen and oxygen atoms in total. The number of hydrogen-bond donors (Lipinski definition) is 1. The highest BCUT2D eigenvalue weighted by molar-refractivity contribution is 5.39. The number of aryl methyl sites for hydroxylation is 1. The summed E-state index contributed by atoms with van der Waals surface area (Å²) >= 11 is 0. The summed E-state index contributed by atoms with van der Waals surface area (Å²) in [7, 11) is 2.03. The molecule has 2 heteroatoms. The van der Waals surface area contributed by atoms with Crippen molar-refractivity contribution in [2.24, 2.45) is 0 Å². The molecule has 0 spiro atoms. The lowest BCUT2D eigenvalue weighted by molar-refractivity contribution is 0.351. The molecule has 17 heavy (non-hydrogen) atoms. The fourth-order valence-electron chi connectivity index (χ4n) is 2.39. The summed E-state index contributed by atoms with van der Waals surface area (Å²) in [6.45, 7) is 6.43. The fraction of sp³-hybridized carbons (Fsp3) is 0.467. The number of hydrogen-bond acceptors (Lipinski definition) is 2. The fourth-order valence-corrected chi connectivity index (χ4v) is 2.39. The highest BCUT2D eigenvalue weighted by Gasteiger charge is 2.18. The van der Waals surface area contributed by atoms with Crippen molar-refractivity contribution in [2.75, 3.05) is 13.7 Å². The van der Waals surface area contributed by atoms with E-state index in [2.05, 4.69) is 30.1 Å². The van der Waals surface area contributed by atoms with Gasteiger partial charge in [0.25, 0.3) is 0 Å².